The number of ether oxygens (including phenoxy) is 8. The zero-order valence-corrected chi connectivity index (χ0v) is 32.5. The lowest BCUT2D eigenvalue weighted by molar-refractivity contribution is -0.163. The Morgan fingerprint density at radius 2 is 0.444 bits per heavy atom. The SMILES string of the molecule is CCOC(=O)C(Cc1cc(CC(C(=O)OCC)C(=O)OCC)c(CC(C(=O)OCC)C(=O)OCC)cc1CC(C(=O)OCC)C(=O)OCC)C(=O)OCC. The van der Waals surface area contributed by atoms with E-state index in [2.05, 4.69) is 0 Å². The molecule has 0 aliphatic rings. The van der Waals surface area contributed by atoms with Crippen LogP contribution >= 0.6 is 0 Å². The molecule has 0 N–H and O–H groups in total. The van der Waals surface area contributed by atoms with Crippen LogP contribution in [0.2, 0.25) is 0 Å². The maximum absolute atomic E-state index is 13.2. The topological polar surface area (TPSA) is 210 Å². The van der Waals surface area contributed by atoms with Gasteiger partial charge in [-0.1, -0.05) is 12.1 Å². The summed E-state index contributed by atoms with van der Waals surface area (Å²) in [5.41, 5.74) is 0.810. The fourth-order valence-electron chi connectivity index (χ4n) is 5.43. The first kappa shape index (κ1) is 47.0. The lowest BCUT2D eigenvalue weighted by Gasteiger charge is -2.24. The summed E-state index contributed by atoms with van der Waals surface area (Å²) in [6.45, 7) is 11.9. The summed E-state index contributed by atoms with van der Waals surface area (Å²) < 4.78 is 41.4. The quantitative estimate of drug-likeness (QED) is 0.0841. The third-order valence-corrected chi connectivity index (χ3v) is 7.79. The number of carbonyl (C=O) groups is 8. The predicted molar refractivity (Wildman–Crippen MR) is 188 cm³/mol. The third-order valence-electron chi connectivity index (χ3n) is 7.79. The number of esters is 8. The first-order valence-corrected chi connectivity index (χ1v) is 18.2. The molecule has 1 aromatic rings. The predicted octanol–water partition coefficient (Wildman–Crippen LogP) is 2.83. The highest BCUT2D eigenvalue weighted by atomic mass is 16.6. The van der Waals surface area contributed by atoms with E-state index in [0.717, 1.165) is 0 Å². The van der Waals surface area contributed by atoms with Crippen LogP contribution in [0.4, 0.5) is 0 Å². The maximum Gasteiger partial charge on any atom is 0.320 e. The van der Waals surface area contributed by atoms with Crippen LogP contribution in [0, 0.1) is 23.7 Å². The Bertz CT molecular complexity index is 1170. The number of hydrogen-bond acceptors (Lipinski definition) is 16. The van der Waals surface area contributed by atoms with Crippen molar-refractivity contribution in [1.29, 1.82) is 0 Å². The summed E-state index contributed by atoms with van der Waals surface area (Å²) in [5, 5.41) is 0. The van der Waals surface area contributed by atoms with E-state index in [1.54, 1.807) is 55.4 Å². The Balaban J connectivity index is 4.34. The molecule has 0 aliphatic heterocycles. The van der Waals surface area contributed by atoms with E-state index in [-0.39, 0.29) is 101 Å². The molecule has 0 aromatic heterocycles. The molecule has 0 bridgehead atoms. The van der Waals surface area contributed by atoms with Crippen molar-refractivity contribution in [2.75, 3.05) is 52.9 Å². The molecule has 0 fully saturated rings. The van der Waals surface area contributed by atoms with Crippen molar-refractivity contribution in [1.82, 2.24) is 0 Å². The summed E-state index contributed by atoms with van der Waals surface area (Å²) in [5.74, 6) is -13.4. The van der Waals surface area contributed by atoms with Gasteiger partial charge in [0, 0.05) is 0 Å². The summed E-state index contributed by atoms with van der Waals surface area (Å²) in [6, 6.07) is 2.92. The normalized spacial score (nSPS) is 10.9. The Kier molecular flexibility index (Phi) is 21.8. The van der Waals surface area contributed by atoms with E-state index in [4.69, 9.17) is 37.9 Å². The average molecular weight is 767 g/mol. The van der Waals surface area contributed by atoms with Gasteiger partial charge >= 0.3 is 47.8 Å². The molecule has 54 heavy (non-hydrogen) atoms. The summed E-state index contributed by atoms with van der Waals surface area (Å²) >= 11 is 0. The van der Waals surface area contributed by atoms with Crippen LogP contribution < -0.4 is 0 Å². The number of hydrogen-bond donors (Lipinski definition) is 0. The van der Waals surface area contributed by atoms with Crippen LogP contribution in [0.3, 0.4) is 0 Å². The van der Waals surface area contributed by atoms with Gasteiger partial charge in [0.1, 0.15) is 0 Å². The molecule has 0 spiro atoms. The van der Waals surface area contributed by atoms with Gasteiger partial charge in [-0.2, -0.15) is 0 Å². The Hall–Kier alpha value is -5.02. The highest BCUT2D eigenvalue weighted by molar-refractivity contribution is 5.97. The summed E-state index contributed by atoms with van der Waals surface area (Å²) in [7, 11) is 0. The lowest BCUT2D eigenvalue weighted by Crippen LogP contribution is -2.33. The second-order valence-corrected chi connectivity index (χ2v) is 11.4. The van der Waals surface area contributed by atoms with Crippen molar-refractivity contribution in [2.45, 2.75) is 81.1 Å². The minimum absolute atomic E-state index is 0.0660. The summed E-state index contributed by atoms with van der Waals surface area (Å²) in [6.07, 6.45) is -1.55. The van der Waals surface area contributed by atoms with Crippen LogP contribution in [-0.2, 0) is 102 Å². The first-order valence-electron chi connectivity index (χ1n) is 18.2. The molecule has 0 radical (unpaired) electrons. The monoisotopic (exact) mass is 766 g/mol. The van der Waals surface area contributed by atoms with Gasteiger partial charge in [-0.25, -0.2) is 0 Å². The smallest absolute Gasteiger partial charge is 0.320 e. The largest absolute Gasteiger partial charge is 0.465 e. The molecule has 0 unspecified atom stereocenters. The molecule has 16 nitrogen and oxygen atoms in total. The van der Waals surface area contributed by atoms with Crippen LogP contribution in [0.25, 0.3) is 0 Å². The molecule has 302 valence electrons. The Labute approximate surface area is 315 Å². The highest BCUT2D eigenvalue weighted by Gasteiger charge is 2.37. The van der Waals surface area contributed by atoms with Crippen LogP contribution in [0.5, 0.6) is 0 Å². The number of carbonyl (C=O) groups excluding carboxylic acids is 8. The average Bonchev–Trinajstić information content (AvgIpc) is 3.11. The van der Waals surface area contributed by atoms with Crippen LogP contribution in [0.15, 0.2) is 12.1 Å². The highest BCUT2D eigenvalue weighted by Crippen LogP contribution is 2.30. The maximum atomic E-state index is 13.2. The van der Waals surface area contributed by atoms with E-state index in [0.29, 0.717) is 0 Å². The Morgan fingerprint density at radius 1 is 0.315 bits per heavy atom. The van der Waals surface area contributed by atoms with Crippen molar-refractivity contribution in [3.05, 3.63) is 34.4 Å². The molecule has 1 aromatic carbocycles. The fraction of sp³-hybridized carbons (Fsp3) is 0.632. The molecular weight excluding hydrogens is 712 g/mol. The zero-order valence-electron chi connectivity index (χ0n) is 32.5. The van der Waals surface area contributed by atoms with Gasteiger partial charge in [0.25, 0.3) is 0 Å². The first-order chi connectivity index (χ1) is 25.8. The van der Waals surface area contributed by atoms with E-state index in [1.165, 1.54) is 12.1 Å². The van der Waals surface area contributed by atoms with Crippen molar-refractivity contribution in [2.24, 2.45) is 23.7 Å². The van der Waals surface area contributed by atoms with E-state index < -0.39 is 71.4 Å². The number of rotatable bonds is 24. The third kappa shape index (κ3) is 14.4. The molecule has 0 heterocycles. The van der Waals surface area contributed by atoms with Crippen LogP contribution in [0.1, 0.15) is 77.6 Å². The van der Waals surface area contributed by atoms with Gasteiger partial charge in [-0.15, -0.1) is 0 Å². The van der Waals surface area contributed by atoms with Gasteiger partial charge in [-0.05, 0) is 103 Å². The van der Waals surface area contributed by atoms with Crippen molar-refractivity contribution in [3.63, 3.8) is 0 Å². The Morgan fingerprint density at radius 3 is 0.556 bits per heavy atom. The van der Waals surface area contributed by atoms with Gasteiger partial charge < -0.3 is 37.9 Å². The van der Waals surface area contributed by atoms with Crippen LogP contribution in [-0.4, -0.2) is 101 Å². The van der Waals surface area contributed by atoms with E-state index in [9.17, 15) is 38.4 Å². The minimum Gasteiger partial charge on any atom is -0.465 e. The molecule has 1 rings (SSSR count). The van der Waals surface area contributed by atoms with Gasteiger partial charge in [0.15, 0.2) is 23.7 Å². The molecule has 0 saturated heterocycles. The minimum atomic E-state index is -1.52. The van der Waals surface area contributed by atoms with Gasteiger partial charge in [-0.3, -0.25) is 38.4 Å². The van der Waals surface area contributed by atoms with E-state index in [1.807, 2.05) is 0 Å². The molecule has 0 atom stereocenters. The van der Waals surface area contributed by atoms with Gasteiger partial charge in [0.2, 0.25) is 0 Å². The molecule has 0 aliphatic carbocycles. The standard InChI is InChI=1S/C38H54O16/c1-9-47-31(39)27(32(40)48-10-2)19-23-17-25(21-29(35(43)51-13-5)36(44)52-14-6)26(22-30(37(45)53-15-7)38(46)54-16-8)18-24(23)20-28(33(41)49-11-3)34(42)50-12-4/h17-18,27-30H,9-16,19-22H2,1-8H3. The van der Waals surface area contributed by atoms with Crippen molar-refractivity contribution >= 4 is 47.8 Å². The molecule has 0 saturated carbocycles. The molecule has 16 heteroatoms. The number of benzene rings is 1. The summed E-state index contributed by atoms with van der Waals surface area (Å²) in [4.78, 5) is 105. The fourth-order valence-corrected chi connectivity index (χ4v) is 5.43. The lowest BCUT2D eigenvalue weighted by atomic mass is 9.83. The molecular formula is C38H54O16. The van der Waals surface area contributed by atoms with Crippen molar-refractivity contribution < 1.29 is 76.3 Å². The van der Waals surface area contributed by atoms with E-state index >= 15 is 0 Å². The van der Waals surface area contributed by atoms with Crippen molar-refractivity contribution in [3.8, 4) is 0 Å². The second kappa shape index (κ2) is 25.1. The zero-order chi connectivity index (χ0) is 40.8. The van der Waals surface area contributed by atoms with Gasteiger partial charge in [0.05, 0.1) is 52.9 Å². The molecule has 0 amide bonds. The second-order valence-electron chi connectivity index (χ2n) is 11.4.